The van der Waals surface area contributed by atoms with Crippen LogP contribution in [-0.4, -0.2) is 77.4 Å². The Morgan fingerprint density at radius 2 is 1.28 bits per heavy atom. The number of hydrogen-bond acceptors (Lipinski definition) is 12. The normalized spacial score (nSPS) is 22.1. The Morgan fingerprint density at radius 3 is 1.77 bits per heavy atom. The van der Waals surface area contributed by atoms with Crippen LogP contribution in [0.2, 0.25) is 0 Å². The molecule has 1 unspecified atom stereocenters. The molecule has 2 heterocycles. The van der Waals surface area contributed by atoms with E-state index in [-0.39, 0.29) is 25.1 Å². The van der Waals surface area contributed by atoms with Crippen LogP contribution in [0.3, 0.4) is 0 Å². The van der Waals surface area contributed by atoms with Gasteiger partial charge in [0.15, 0.2) is 12.2 Å². The highest BCUT2D eigenvalue weighted by molar-refractivity contribution is 5.78. The van der Waals surface area contributed by atoms with Gasteiger partial charge in [-0.25, -0.2) is 4.68 Å². The summed E-state index contributed by atoms with van der Waals surface area (Å²) in [7, 11) is 0. The first kappa shape index (κ1) is 37.1. The molecule has 1 aromatic heterocycles. The molecule has 0 amide bonds. The molecule has 13 nitrogen and oxygen atoms in total. The lowest BCUT2D eigenvalue weighted by atomic mass is 9.93. The van der Waals surface area contributed by atoms with Gasteiger partial charge in [-0.15, -0.1) is 5.10 Å². The number of benzene rings is 1. The molecule has 0 radical (unpaired) electrons. The first-order valence-electron chi connectivity index (χ1n) is 20.2. The molecule has 294 valence electrons. The van der Waals surface area contributed by atoms with Gasteiger partial charge in [-0.2, -0.15) is 0 Å². The lowest BCUT2D eigenvalue weighted by molar-refractivity contribution is -0.294. The monoisotopic (exact) mass is 746 g/mol. The number of hydrogen-bond donors (Lipinski definition) is 0. The van der Waals surface area contributed by atoms with Crippen molar-refractivity contribution in [2.45, 2.75) is 140 Å². The zero-order chi connectivity index (χ0) is 43.1. The smallest absolute Gasteiger partial charge is 0.311 e. The molecular weight excluding hydrogens is 684 g/mol. The van der Waals surface area contributed by atoms with Gasteiger partial charge in [-0.1, -0.05) is 44.2 Å². The van der Waals surface area contributed by atoms with Crippen molar-refractivity contribution in [3.05, 3.63) is 47.2 Å². The number of carbonyl (C=O) groups excluding carboxylic acids is 5. The molecule has 0 saturated carbocycles. The predicted molar refractivity (Wildman–Crippen MR) is 195 cm³/mol. The molecule has 0 bridgehead atoms. The maximum Gasteiger partial charge on any atom is 0.311 e. The summed E-state index contributed by atoms with van der Waals surface area (Å²) in [6.07, 6.45) is -7.65. The summed E-state index contributed by atoms with van der Waals surface area (Å²) >= 11 is 0. The van der Waals surface area contributed by atoms with Crippen LogP contribution >= 0.6 is 0 Å². The van der Waals surface area contributed by atoms with E-state index in [1.165, 1.54) is 55.4 Å². The summed E-state index contributed by atoms with van der Waals surface area (Å²) in [6.45, 7) is 13.3. The molecule has 1 fully saturated rings. The van der Waals surface area contributed by atoms with Crippen LogP contribution in [-0.2, 0) is 54.1 Å². The van der Waals surface area contributed by atoms with Gasteiger partial charge in [0.25, 0.3) is 0 Å². The maximum atomic E-state index is 13.8. The third-order valence-corrected chi connectivity index (χ3v) is 8.02. The first-order valence-corrected chi connectivity index (χ1v) is 17.4. The Kier molecular flexibility index (Phi) is 11.5. The second kappa shape index (κ2) is 16.4. The van der Waals surface area contributed by atoms with Gasteiger partial charge in [-0.05, 0) is 94.5 Å². The third-order valence-electron chi connectivity index (χ3n) is 8.02. The summed E-state index contributed by atoms with van der Waals surface area (Å²) in [4.78, 5) is 66.9. The summed E-state index contributed by atoms with van der Waals surface area (Å²) in [5.74, 6) is -3.91. The number of nitrogens with zero attached hydrogens (tertiary/aromatic N) is 2. The van der Waals surface area contributed by atoms with Crippen molar-refractivity contribution in [2.75, 3.05) is 6.61 Å². The third kappa shape index (κ3) is 11.1. The summed E-state index contributed by atoms with van der Waals surface area (Å²) in [6, 6.07) is 9.29. The zero-order valence-electron chi connectivity index (χ0n) is 36.6. The highest BCUT2D eigenvalue weighted by Crippen LogP contribution is 2.37. The molecule has 1 aliphatic rings. The quantitative estimate of drug-likeness (QED) is 0.146. The van der Waals surface area contributed by atoms with Crippen molar-refractivity contribution in [2.24, 2.45) is 21.7 Å². The van der Waals surface area contributed by atoms with Gasteiger partial charge in [0.2, 0.25) is 24.7 Å². The summed E-state index contributed by atoms with van der Waals surface area (Å²) in [5, 5.41) is 4.44. The molecular formula is C40H58N2O11. The number of esters is 4. The molecule has 13 heteroatoms. The Morgan fingerprint density at radius 1 is 0.792 bits per heavy atom. The van der Waals surface area contributed by atoms with Gasteiger partial charge in [-0.3, -0.25) is 24.0 Å². The van der Waals surface area contributed by atoms with Gasteiger partial charge < -0.3 is 28.4 Å². The predicted octanol–water partition coefficient (Wildman–Crippen LogP) is 6.20. The van der Waals surface area contributed by atoms with Crippen molar-refractivity contribution in [3.8, 4) is 5.88 Å². The van der Waals surface area contributed by atoms with E-state index in [1.54, 1.807) is 0 Å². The van der Waals surface area contributed by atoms with Crippen LogP contribution in [0.15, 0.2) is 30.3 Å². The Labute approximate surface area is 319 Å². The Hall–Kier alpha value is -4.26. The Balaban J connectivity index is 2.34. The lowest BCUT2D eigenvalue weighted by Gasteiger charge is -2.45. The van der Waals surface area contributed by atoms with Crippen molar-refractivity contribution in [3.63, 3.8) is 0 Å². The van der Waals surface area contributed by atoms with Crippen LogP contribution < -0.4 is 4.74 Å². The molecule has 0 aliphatic carbocycles. The average molecular weight is 747 g/mol. The fourth-order valence-corrected chi connectivity index (χ4v) is 5.04. The number of carbonyl (C=O) groups is 5. The molecule has 0 spiro atoms. The van der Waals surface area contributed by atoms with E-state index in [0.29, 0.717) is 17.7 Å². The summed E-state index contributed by atoms with van der Waals surface area (Å²) < 4.78 is 69.6. The second-order valence-electron chi connectivity index (χ2n) is 16.4. The van der Waals surface area contributed by atoms with E-state index in [2.05, 4.69) is 5.10 Å². The van der Waals surface area contributed by atoms with Crippen LogP contribution in [0.4, 0.5) is 0 Å². The van der Waals surface area contributed by atoms with Gasteiger partial charge >= 0.3 is 23.9 Å². The fourth-order valence-electron chi connectivity index (χ4n) is 5.04. The molecule has 2 aromatic rings. The molecule has 1 aromatic carbocycles. The highest BCUT2D eigenvalue weighted by atomic mass is 16.7. The summed E-state index contributed by atoms with van der Waals surface area (Å²) in [5.41, 5.74) is -3.64. The number of ether oxygens (including phenoxy) is 6. The van der Waals surface area contributed by atoms with Crippen LogP contribution in [0.25, 0.3) is 0 Å². The van der Waals surface area contributed by atoms with Crippen molar-refractivity contribution in [1.29, 1.82) is 0 Å². The molecule has 1 aliphatic heterocycles. The van der Waals surface area contributed by atoms with Crippen LogP contribution in [0.1, 0.15) is 125 Å². The highest BCUT2D eigenvalue weighted by Gasteiger charge is 2.56. The van der Waals surface area contributed by atoms with E-state index < -0.39 is 104 Å². The van der Waals surface area contributed by atoms with E-state index in [4.69, 9.17) is 33.9 Å². The van der Waals surface area contributed by atoms with E-state index in [0.717, 1.165) is 10.2 Å². The van der Waals surface area contributed by atoms with Crippen molar-refractivity contribution >= 4 is 30.3 Å². The molecule has 3 rings (SSSR count). The maximum absolute atomic E-state index is 13.8. The largest absolute Gasteiger partial charge is 0.462 e. The van der Waals surface area contributed by atoms with Gasteiger partial charge in [0.1, 0.15) is 12.7 Å². The van der Waals surface area contributed by atoms with E-state index in [1.807, 2.05) is 44.2 Å². The van der Waals surface area contributed by atoms with Crippen LogP contribution in [0, 0.1) is 21.7 Å². The Bertz CT molecular complexity index is 1730. The topological polar surface area (TPSA) is 159 Å². The van der Waals surface area contributed by atoms with Crippen LogP contribution in [0.5, 0.6) is 5.88 Å². The minimum absolute atomic E-state index is 0.103. The average Bonchev–Trinajstić information content (AvgIpc) is 3.52. The zero-order valence-corrected chi connectivity index (χ0v) is 32.6. The van der Waals surface area contributed by atoms with Crippen molar-refractivity contribution < 1.29 is 57.9 Å². The van der Waals surface area contributed by atoms with Crippen molar-refractivity contribution in [1.82, 2.24) is 9.78 Å². The fraction of sp³-hybridized carbons (Fsp3) is 0.650. The standard InChI is InChI=1S/C40H58N2O11/c1-23(2)27-25(20-24-18-16-15-17-19-24)31(41-42(27)22-43)53-32-30(52-36(47)40(12,13)14)29(51-35(46)39(9,10)11)28(50-34(45)38(6,7)8)26(49-32)21-48-33(44)37(3,4)5/h15-19,22-23,26,28-30,32H,20-21H2,1-14H3/t26-,28-,29+,30-,32?/m1/s1/i3D,6D,9D,12D. The molecule has 5 atom stereocenters. The SMILES string of the molecule is [2H]CC(C)(C)C(=O)OC[C@H]1OC(Oc2nn(C=O)c(C(C)C)c2Cc2ccccc2)[C@H](OC(=O)C(C)(C)C[2H])[C@@H](OC(=O)C(C)(C)C[2H])[C@@H]1OC(=O)C(C)(C)C[2H]. The lowest BCUT2D eigenvalue weighted by Crippen LogP contribution is -2.65. The van der Waals surface area contributed by atoms with Gasteiger partial charge in [0.05, 0.1) is 27.4 Å². The van der Waals surface area contributed by atoms with E-state index in [9.17, 15) is 24.0 Å². The van der Waals surface area contributed by atoms with E-state index >= 15 is 0 Å². The molecule has 53 heavy (non-hydrogen) atoms. The molecule has 1 saturated heterocycles. The second-order valence-corrected chi connectivity index (χ2v) is 16.4. The number of aromatic nitrogens is 2. The van der Waals surface area contributed by atoms with Gasteiger partial charge in [0, 0.05) is 17.5 Å². The first-order chi connectivity index (χ1) is 26.5. The number of rotatable bonds is 11. The minimum Gasteiger partial charge on any atom is -0.462 e. The minimum atomic E-state index is -1.75. The molecule has 0 N–H and O–H groups in total.